The first-order valence-electron chi connectivity index (χ1n) is 5.46. The summed E-state index contributed by atoms with van der Waals surface area (Å²) in [7, 11) is 0. The zero-order valence-corrected chi connectivity index (χ0v) is 10.1. The summed E-state index contributed by atoms with van der Waals surface area (Å²) in [5.41, 5.74) is 3.89. The van der Waals surface area contributed by atoms with Crippen LogP contribution in [0.5, 0.6) is 0 Å². The molecule has 0 aromatic heterocycles. The monoisotopic (exact) mass is 224 g/mol. The summed E-state index contributed by atoms with van der Waals surface area (Å²) in [6.07, 6.45) is 1.29. The van der Waals surface area contributed by atoms with E-state index in [-0.39, 0.29) is 6.10 Å². The van der Waals surface area contributed by atoms with Gasteiger partial charge in [0, 0.05) is 18.4 Å². The van der Waals surface area contributed by atoms with Gasteiger partial charge in [-0.3, -0.25) is 0 Å². The average molecular weight is 225 g/mol. The van der Waals surface area contributed by atoms with Crippen LogP contribution in [0, 0.1) is 19.8 Å². The molecule has 2 heteroatoms. The average Bonchev–Trinajstić information content (AvgIpc) is 2.63. The predicted molar refractivity (Wildman–Crippen MR) is 63.4 cm³/mol. The number of rotatable bonds is 2. The summed E-state index contributed by atoms with van der Waals surface area (Å²) in [5.74, 6) is 1.17. The predicted octanol–water partition coefficient (Wildman–Crippen LogP) is 3.62. The minimum absolute atomic E-state index is 0.209. The van der Waals surface area contributed by atoms with Crippen molar-refractivity contribution < 1.29 is 4.74 Å². The Bertz CT molecular complexity index is 328. The number of benzene rings is 1. The van der Waals surface area contributed by atoms with Gasteiger partial charge >= 0.3 is 0 Å². The number of alkyl halides is 1. The Labute approximate surface area is 96.4 Å². The Morgan fingerprint density at radius 1 is 1.27 bits per heavy atom. The molecule has 1 aromatic carbocycles. The lowest BCUT2D eigenvalue weighted by Gasteiger charge is -2.17. The van der Waals surface area contributed by atoms with Crippen molar-refractivity contribution in [1.82, 2.24) is 0 Å². The smallest absolute Gasteiger partial charge is 0.0865 e. The van der Waals surface area contributed by atoms with Gasteiger partial charge in [0.05, 0.1) is 6.10 Å². The molecule has 2 rings (SSSR count). The highest BCUT2D eigenvalue weighted by Gasteiger charge is 2.28. The molecule has 0 radical (unpaired) electrons. The molecule has 1 aliphatic rings. The molecule has 82 valence electrons. The summed E-state index contributed by atoms with van der Waals surface area (Å²) in [5, 5.41) is 0. The summed E-state index contributed by atoms with van der Waals surface area (Å²) in [4.78, 5) is 0. The van der Waals surface area contributed by atoms with Crippen LogP contribution in [0.2, 0.25) is 0 Å². The Balaban J connectivity index is 2.28. The van der Waals surface area contributed by atoms with Gasteiger partial charge in [0.25, 0.3) is 0 Å². The number of halogens is 1. The molecule has 1 saturated heterocycles. The maximum absolute atomic E-state index is 5.95. The largest absolute Gasteiger partial charge is 0.373 e. The highest BCUT2D eigenvalue weighted by atomic mass is 35.5. The Hall–Kier alpha value is -0.530. The maximum atomic E-state index is 5.95. The number of ether oxygens (including phenoxy) is 1. The van der Waals surface area contributed by atoms with Crippen molar-refractivity contribution in [2.75, 3.05) is 12.5 Å². The first-order valence-corrected chi connectivity index (χ1v) is 6.00. The minimum atomic E-state index is 0.209. The fourth-order valence-electron chi connectivity index (χ4n) is 2.33. The van der Waals surface area contributed by atoms with Crippen LogP contribution in [-0.4, -0.2) is 12.5 Å². The van der Waals surface area contributed by atoms with Gasteiger partial charge in [0.15, 0.2) is 0 Å². The molecule has 15 heavy (non-hydrogen) atoms. The lowest BCUT2D eigenvalue weighted by atomic mass is 9.94. The molecule has 2 atom stereocenters. The molecule has 2 unspecified atom stereocenters. The SMILES string of the molecule is Cc1cc(C)cc(C2OCCC2CCl)c1. The van der Waals surface area contributed by atoms with Crippen LogP contribution in [0.4, 0.5) is 0 Å². The van der Waals surface area contributed by atoms with Crippen LogP contribution >= 0.6 is 11.6 Å². The molecule has 1 fully saturated rings. The standard InChI is InChI=1S/C13H17ClO/c1-9-5-10(2)7-12(6-9)13-11(8-14)3-4-15-13/h5-7,11,13H,3-4,8H2,1-2H3. The molecule has 0 bridgehead atoms. The summed E-state index contributed by atoms with van der Waals surface area (Å²) in [6.45, 7) is 5.09. The highest BCUT2D eigenvalue weighted by molar-refractivity contribution is 6.18. The molecule has 1 nitrogen and oxygen atoms in total. The number of hydrogen-bond donors (Lipinski definition) is 0. The number of aryl methyl sites for hydroxylation is 2. The van der Waals surface area contributed by atoms with Gasteiger partial charge in [-0.15, -0.1) is 11.6 Å². The van der Waals surface area contributed by atoms with E-state index in [1.165, 1.54) is 16.7 Å². The fraction of sp³-hybridized carbons (Fsp3) is 0.538. The van der Waals surface area contributed by atoms with Gasteiger partial charge in [-0.1, -0.05) is 29.3 Å². The van der Waals surface area contributed by atoms with Crippen molar-refractivity contribution >= 4 is 11.6 Å². The van der Waals surface area contributed by atoms with E-state index in [9.17, 15) is 0 Å². The zero-order chi connectivity index (χ0) is 10.8. The lowest BCUT2D eigenvalue weighted by molar-refractivity contribution is 0.0951. The first-order chi connectivity index (χ1) is 7.20. The fourth-order valence-corrected chi connectivity index (χ4v) is 2.65. The van der Waals surface area contributed by atoms with Gasteiger partial charge in [-0.25, -0.2) is 0 Å². The normalized spacial score (nSPS) is 25.8. The van der Waals surface area contributed by atoms with Crippen LogP contribution in [0.15, 0.2) is 18.2 Å². The Kier molecular flexibility index (Phi) is 3.32. The van der Waals surface area contributed by atoms with Crippen LogP contribution < -0.4 is 0 Å². The van der Waals surface area contributed by atoms with Gasteiger partial charge in [0.2, 0.25) is 0 Å². The van der Waals surface area contributed by atoms with Crippen LogP contribution in [0.3, 0.4) is 0 Å². The zero-order valence-electron chi connectivity index (χ0n) is 9.29. The van der Waals surface area contributed by atoms with Crippen molar-refractivity contribution in [1.29, 1.82) is 0 Å². The molecular weight excluding hydrogens is 208 g/mol. The van der Waals surface area contributed by atoms with Crippen molar-refractivity contribution in [3.05, 3.63) is 34.9 Å². The molecule has 1 aliphatic heterocycles. The van der Waals surface area contributed by atoms with Crippen LogP contribution in [-0.2, 0) is 4.74 Å². The third-order valence-corrected chi connectivity index (χ3v) is 3.38. The van der Waals surface area contributed by atoms with Gasteiger partial charge in [-0.2, -0.15) is 0 Å². The number of hydrogen-bond acceptors (Lipinski definition) is 1. The molecule has 0 N–H and O–H groups in total. The summed E-state index contributed by atoms with van der Waals surface area (Å²) in [6, 6.07) is 6.61. The summed E-state index contributed by atoms with van der Waals surface area (Å²) >= 11 is 5.95. The second-order valence-electron chi connectivity index (χ2n) is 4.42. The van der Waals surface area contributed by atoms with Gasteiger partial charge in [0.1, 0.15) is 0 Å². The van der Waals surface area contributed by atoms with Crippen LogP contribution in [0.1, 0.15) is 29.2 Å². The van der Waals surface area contributed by atoms with E-state index in [2.05, 4.69) is 32.0 Å². The van der Waals surface area contributed by atoms with E-state index in [0.717, 1.165) is 13.0 Å². The van der Waals surface area contributed by atoms with E-state index in [0.29, 0.717) is 11.8 Å². The first kappa shape index (κ1) is 11.0. The van der Waals surface area contributed by atoms with E-state index in [4.69, 9.17) is 16.3 Å². The Morgan fingerprint density at radius 2 is 1.93 bits per heavy atom. The van der Waals surface area contributed by atoms with Gasteiger partial charge in [-0.05, 0) is 25.8 Å². The topological polar surface area (TPSA) is 9.23 Å². The molecule has 0 aliphatic carbocycles. The molecule has 0 spiro atoms. The minimum Gasteiger partial charge on any atom is -0.373 e. The van der Waals surface area contributed by atoms with Crippen molar-refractivity contribution in [2.24, 2.45) is 5.92 Å². The Morgan fingerprint density at radius 3 is 2.53 bits per heavy atom. The second kappa shape index (κ2) is 4.54. The maximum Gasteiger partial charge on any atom is 0.0865 e. The molecule has 1 heterocycles. The van der Waals surface area contributed by atoms with Gasteiger partial charge < -0.3 is 4.74 Å². The van der Waals surface area contributed by atoms with Crippen molar-refractivity contribution in [3.63, 3.8) is 0 Å². The lowest BCUT2D eigenvalue weighted by Crippen LogP contribution is -2.09. The molecule has 0 amide bonds. The van der Waals surface area contributed by atoms with E-state index in [1.54, 1.807) is 0 Å². The van der Waals surface area contributed by atoms with E-state index < -0.39 is 0 Å². The molecular formula is C13H17ClO. The third kappa shape index (κ3) is 2.35. The molecule has 0 saturated carbocycles. The van der Waals surface area contributed by atoms with Crippen molar-refractivity contribution in [3.8, 4) is 0 Å². The summed E-state index contributed by atoms with van der Waals surface area (Å²) < 4.78 is 5.77. The second-order valence-corrected chi connectivity index (χ2v) is 4.72. The quantitative estimate of drug-likeness (QED) is 0.698. The van der Waals surface area contributed by atoms with Crippen LogP contribution in [0.25, 0.3) is 0 Å². The van der Waals surface area contributed by atoms with E-state index >= 15 is 0 Å². The third-order valence-electron chi connectivity index (χ3n) is 2.98. The van der Waals surface area contributed by atoms with E-state index in [1.807, 2.05) is 0 Å². The molecule has 1 aromatic rings. The highest BCUT2D eigenvalue weighted by Crippen LogP contribution is 2.35. The van der Waals surface area contributed by atoms with Crippen molar-refractivity contribution in [2.45, 2.75) is 26.4 Å².